The van der Waals surface area contributed by atoms with Crippen LogP contribution in [0.5, 0.6) is 0 Å². The quantitative estimate of drug-likeness (QED) is 0.269. The van der Waals surface area contributed by atoms with E-state index in [-0.39, 0.29) is 5.41 Å². The first kappa shape index (κ1) is 24.4. The molecule has 3 aromatic heterocycles. The molecule has 0 bridgehead atoms. The molecule has 4 aromatic rings. The molecule has 0 radical (unpaired) electrons. The van der Waals surface area contributed by atoms with Gasteiger partial charge in [0.15, 0.2) is 11.6 Å². The van der Waals surface area contributed by atoms with Crippen LogP contribution in [0.2, 0.25) is 0 Å². The third-order valence-corrected chi connectivity index (χ3v) is 7.53. The lowest BCUT2D eigenvalue weighted by Gasteiger charge is -2.25. The second-order valence-electron chi connectivity index (χ2n) is 10.1. The Morgan fingerprint density at radius 3 is 2.74 bits per heavy atom. The summed E-state index contributed by atoms with van der Waals surface area (Å²) < 4.78 is 29.0. The summed E-state index contributed by atoms with van der Waals surface area (Å²) in [6.07, 6.45) is 7.82. The van der Waals surface area contributed by atoms with Gasteiger partial charge in [-0.15, -0.1) is 4.63 Å². The molecule has 0 saturated carbocycles. The summed E-state index contributed by atoms with van der Waals surface area (Å²) >= 11 is 0. The average molecular weight is 518 g/mol. The zero-order chi connectivity index (χ0) is 26.1. The van der Waals surface area contributed by atoms with E-state index in [0.29, 0.717) is 23.6 Å². The molecule has 6 rings (SSSR count). The SMILES string of the molecule is CCO/N=C(\c1ccc(F)c(F)c1)c1ccc(CN2CCC3(CCN(c4cnn5ncccc45)C3)C2)cn1. The highest BCUT2D eigenvalue weighted by atomic mass is 19.2. The minimum Gasteiger partial charge on any atom is -0.396 e. The molecule has 5 heterocycles. The first-order valence-electron chi connectivity index (χ1n) is 12.9. The number of benzene rings is 1. The van der Waals surface area contributed by atoms with Crippen LogP contribution in [0.4, 0.5) is 14.5 Å². The van der Waals surface area contributed by atoms with Crippen molar-refractivity contribution in [1.82, 2.24) is 24.7 Å². The van der Waals surface area contributed by atoms with E-state index in [2.05, 4.69) is 36.2 Å². The number of nitrogens with zero attached hydrogens (tertiary/aromatic N) is 7. The van der Waals surface area contributed by atoms with Crippen LogP contribution in [-0.4, -0.2) is 63.2 Å². The molecular formula is C28H29F2N7O. The molecule has 2 aliphatic rings. The minimum absolute atomic E-state index is 0.272. The van der Waals surface area contributed by atoms with Gasteiger partial charge in [0.25, 0.3) is 0 Å². The van der Waals surface area contributed by atoms with Crippen molar-refractivity contribution in [1.29, 1.82) is 0 Å². The van der Waals surface area contributed by atoms with Crippen molar-refractivity contribution in [2.75, 3.05) is 37.7 Å². The van der Waals surface area contributed by atoms with Crippen LogP contribution in [0, 0.1) is 17.0 Å². The van der Waals surface area contributed by atoms with Crippen molar-refractivity contribution in [3.63, 3.8) is 0 Å². The van der Waals surface area contributed by atoms with Gasteiger partial charge in [0.1, 0.15) is 17.8 Å². The molecule has 0 amide bonds. The second kappa shape index (κ2) is 10.1. The Morgan fingerprint density at radius 2 is 1.92 bits per heavy atom. The molecule has 1 spiro atoms. The first-order valence-corrected chi connectivity index (χ1v) is 12.9. The van der Waals surface area contributed by atoms with Crippen LogP contribution < -0.4 is 4.90 Å². The molecule has 196 valence electrons. The lowest BCUT2D eigenvalue weighted by atomic mass is 9.86. The van der Waals surface area contributed by atoms with Crippen molar-refractivity contribution < 1.29 is 13.6 Å². The Balaban J connectivity index is 1.12. The van der Waals surface area contributed by atoms with E-state index in [1.54, 1.807) is 10.8 Å². The van der Waals surface area contributed by atoms with E-state index in [9.17, 15) is 8.78 Å². The number of halogens is 2. The number of pyridine rings is 1. The van der Waals surface area contributed by atoms with Crippen LogP contribution in [0.3, 0.4) is 0 Å². The summed E-state index contributed by atoms with van der Waals surface area (Å²) in [5.41, 5.74) is 4.88. The zero-order valence-electron chi connectivity index (χ0n) is 21.2. The number of hydrogen-bond donors (Lipinski definition) is 0. The number of hydrogen-bond acceptors (Lipinski definition) is 7. The summed E-state index contributed by atoms with van der Waals surface area (Å²) in [6.45, 7) is 7.08. The maximum Gasteiger partial charge on any atom is 0.159 e. The van der Waals surface area contributed by atoms with Crippen molar-refractivity contribution in [3.05, 3.63) is 89.5 Å². The fourth-order valence-corrected chi connectivity index (χ4v) is 5.64. The number of aromatic nitrogens is 4. The first-order chi connectivity index (χ1) is 18.5. The minimum atomic E-state index is -0.935. The summed E-state index contributed by atoms with van der Waals surface area (Å²) in [6, 6.07) is 11.6. The van der Waals surface area contributed by atoms with Crippen LogP contribution in [0.1, 0.15) is 36.6 Å². The number of oxime groups is 1. The third kappa shape index (κ3) is 4.71. The van der Waals surface area contributed by atoms with E-state index in [1.165, 1.54) is 6.07 Å². The lowest BCUT2D eigenvalue weighted by Crippen LogP contribution is -2.30. The largest absolute Gasteiger partial charge is 0.396 e. The fourth-order valence-electron chi connectivity index (χ4n) is 5.64. The zero-order valence-corrected chi connectivity index (χ0v) is 21.2. The van der Waals surface area contributed by atoms with E-state index in [4.69, 9.17) is 4.84 Å². The standard InChI is InChI=1S/C28H29F2N7O/c1-2-38-34-27(21-6-7-22(29)23(30)14-21)24-8-5-20(15-31-24)17-35-12-9-28(18-35)10-13-36(19-28)26-16-33-37-25(26)4-3-11-32-37/h3-8,11,14-16H,2,9-10,12-13,17-19H2,1H3/b34-27+. The maximum absolute atomic E-state index is 13.9. The molecule has 1 unspecified atom stereocenters. The Labute approximate surface area is 219 Å². The van der Waals surface area contributed by atoms with Gasteiger partial charge in [-0.1, -0.05) is 11.2 Å². The van der Waals surface area contributed by atoms with Crippen LogP contribution in [-0.2, 0) is 11.4 Å². The van der Waals surface area contributed by atoms with Gasteiger partial charge in [-0.3, -0.25) is 9.88 Å². The van der Waals surface area contributed by atoms with Gasteiger partial charge < -0.3 is 9.74 Å². The Hall–Kier alpha value is -3.92. The van der Waals surface area contributed by atoms with Crippen LogP contribution in [0.25, 0.3) is 5.52 Å². The normalized spacial score (nSPS) is 20.2. The van der Waals surface area contributed by atoms with Crippen LogP contribution >= 0.6 is 0 Å². The molecule has 8 nitrogen and oxygen atoms in total. The highest BCUT2D eigenvalue weighted by molar-refractivity contribution is 6.11. The maximum atomic E-state index is 13.9. The van der Waals surface area contributed by atoms with Gasteiger partial charge in [-0.05, 0) is 68.3 Å². The summed E-state index contributed by atoms with van der Waals surface area (Å²) in [7, 11) is 0. The van der Waals surface area contributed by atoms with Gasteiger partial charge in [0.05, 0.1) is 17.6 Å². The summed E-state index contributed by atoms with van der Waals surface area (Å²) in [5, 5.41) is 12.8. The van der Waals surface area contributed by atoms with Crippen molar-refractivity contribution in [2.45, 2.75) is 26.3 Å². The topological polar surface area (TPSA) is 71.2 Å². The molecule has 2 saturated heterocycles. The van der Waals surface area contributed by atoms with E-state index in [1.807, 2.05) is 37.5 Å². The van der Waals surface area contributed by atoms with Crippen molar-refractivity contribution >= 4 is 16.9 Å². The highest BCUT2D eigenvalue weighted by Gasteiger charge is 2.43. The molecule has 1 aromatic carbocycles. The summed E-state index contributed by atoms with van der Waals surface area (Å²) in [4.78, 5) is 14.8. The van der Waals surface area contributed by atoms with E-state index >= 15 is 0 Å². The lowest BCUT2D eigenvalue weighted by molar-refractivity contribution is 0.159. The van der Waals surface area contributed by atoms with Gasteiger partial charge >= 0.3 is 0 Å². The van der Waals surface area contributed by atoms with Crippen molar-refractivity contribution in [2.24, 2.45) is 10.6 Å². The van der Waals surface area contributed by atoms with Gasteiger partial charge in [0.2, 0.25) is 0 Å². The number of fused-ring (bicyclic) bond motifs is 1. The number of likely N-dealkylation sites (tertiary alicyclic amines) is 1. The molecule has 0 N–H and O–H groups in total. The molecule has 1 atom stereocenters. The molecule has 38 heavy (non-hydrogen) atoms. The van der Waals surface area contributed by atoms with E-state index in [0.717, 1.165) is 74.5 Å². The smallest absolute Gasteiger partial charge is 0.159 e. The molecule has 10 heteroatoms. The predicted molar refractivity (Wildman–Crippen MR) is 140 cm³/mol. The average Bonchev–Trinajstić information content (AvgIpc) is 3.66. The Kier molecular flexibility index (Phi) is 6.49. The second-order valence-corrected chi connectivity index (χ2v) is 10.1. The molecule has 2 aliphatic heterocycles. The molecule has 2 fully saturated rings. The Bertz CT molecular complexity index is 1470. The number of rotatable bonds is 7. The van der Waals surface area contributed by atoms with E-state index < -0.39 is 11.6 Å². The Morgan fingerprint density at radius 1 is 1.03 bits per heavy atom. The molecule has 0 aliphatic carbocycles. The third-order valence-electron chi connectivity index (χ3n) is 7.53. The summed E-state index contributed by atoms with van der Waals surface area (Å²) in [5.74, 6) is -1.84. The predicted octanol–water partition coefficient (Wildman–Crippen LogP) is 4.29. The van der Waals surface area contributed by atoms with Gasteiger partial charge in [-0.25, -0.2) is 8.78 Å². The molecular weight excluding hydrogens is 488 g/mol. The fraction of sp³-hybridized carbons (Fsp3) is 0.357. The van der Waals surface area contributed by atoms with Crippen molar-refractivity contribution in [3.8, 4) is 0 Å². The van der Waals surface area contributed by atoms with Crippen LogP contribution in [0.15, 0.2) is 66.2 Å². The van der Waals surface area contributed by atoms with Gasteiger partial charge in [0, 0.05) is 49.6 Å². The van der Waals surface area contributed by atoms with Gasteiger partial charge in [-0.2, -0.15) is 10.2 Å². The highest BCUT2D eigenvalue weighted by Crippen LogP contribution is 2.42. The number of anilines is 1. The monoisotopic (exact) mass is 517 g/mol.